The van der Waals surface area contributed by atoms with Crippen molar-refractivity contribution in [3.8, 4) is 11.4 Å². The zero-order valence-electron chi connectivity index (χ0n) is 10.0. The van der Waals surface area contributed by atoms with Crippen LogP contribution in [0.4, 0.5) is 5.95 Å². The Kier molecular flexibility index (Phi) is 1.91. The van der Waals surface area contributed by atoms with Crippen molar-refractivity contribution >= 4 is 28.0 Å². The average molecular weight is 249 g/mol. The number of imidazole rings is 2. The van der Waals surface area contributed by atoms with Gasteiger partial charge in [0.25, 0.3) is 0 Å². The van der Waals surface area contributed by atoms with Crippen molar-refractivity contribution in [3.05, 3.63) is 42.5 Å². The van der Waals surface area contributed by atoms with Crippen LogP contribution in [0, 0.1) is 0 Å². The van der Waals surface area contributed by atoms with Crippen molar-refractivity contribution in [2.24, 2.45) is 0 Å². The molecular weight excluding hydrogens is 238 g/mol. The van der Waals surface area contributed by atoms with E-state index in [0.29, 0.717) is 5.95 Å². The SMILES string of the molecule is Nc1nc2c(-c3nc4ccccc4[nH]3)cccc2[nH]1. The van der Waals surface area contributed by atoms with Gasteiger partial charge in [-0.05, 0) is 24.3 Å². The highest BCUT2D eigenvalue weighted by atomic mass is 15.0. The Morgan fingerprint density at radius 1 is 0.842 bits per heavy atom. The van der Waals surface area contributed by atoms with Gasteiger partial charge in [0.1, 0.15) is 11.3 Å². The molecule has 0 unspecified atom stereocenters. The Morgan fingerprint density at radius 2 is 1.68 bits per heavy atom. The third kappa shape index (κ3) is 1.48. The molecule has 0 spiro atoms. The second-order valence-electron chi connectivity index (χ2n) is 4.43. The Hall–Kier alpha value is -2.82. The van der Waals surface area contributed by atoms with Crippen LogP contribution in [0.2, 0.25) is 0 Å². The molecule has 0 bridgehead atoms. The van der Waals surface area contributed by atoms with Crippen LogP contribution in [0.3, 0.4) is 0 Å². The summed E-state index contributed by atoms with van der Waals surface area (Å²) in [6, 6.07) is 13.8. The summed E-state index contributed by atoms with van der Waals surface area (Å²) in [4.78, 5) is 15.2. The molecule has 0 radical (unpaired) electrons. The van der Waals surface area contributed by atoms with Crippen LogP contribution < -0.4 is 5.73 Å². The summed E-state index contributed by atoms with van der Waals surface area (Å²) in [6.07, 6.45) is 0. The molecule has 2 aromatic carbocycles. The lowest BCUT2D eigenvalue weighted by Crippen LogP contribution is -1.85. The van der Waals surface area contributed by atoms with Gasteiger partial charge < -0.3 is 15.7 Å². The minimum Gasteiger partial charge on any atom is -0.369 e. The van der Waals surface area contributed by atoms with Gasteiger partial charge in [0.2, 0.25) is 0 Å². The number of nitrogens with zero attached hydrogens (tertiary/aromatic N) is 2. The van der Waals surface area contributed by atoms with Crippen molar-refractivity contribution in [1.82, 2.24) is 19.9 Å². The van der Waals surface area contributed by atoms with Gasteiger partial charge in [0, 0.05) is 5.56 Å². The summed E-state index contributed by atoms with van der Waals surface area (Å²) in [5.41, 5.74) is 10.4. The van der Waals surface area contributed by atoms with Gasteiger partial charge in [0.15, 0.2) is 5.95 Å². The Balaban J connectivity index is 2.03. The molecule has 5 heteroatoms. The first-order valence-corrected chi connectivity index (χ1v) is 6.00. The molecule has 5 nitrogen and oxygen atoms in total. The minimum absolute atomic E-state index is 0.415. The van der Waals surface area contributed by atoms with E-state index in [0.717, 1.165) is 33.5 Å². The topological polar surface area (TPSA) is 83.4 Å². The van der Waals surface area contributed by atoms with Gasteiger partial charge in [-0.3, -0.25) is 0 Å². The average Bonchev–Trinajstić information content (AvgIpc) is 2.99. The van der Waals surface area contributed by atoms with Crippen molar-refractivity contribution in [2.75, 3.05) is 5.73 Å². The summed E-state index contributed by atoms with van der Waals surface area (Å²) >= 11 is 0. The summed E-state index contributed by atoms with van der Waals surface area (Å²) in [6.45, 7) is 0. The number of nitrogens with one attached hydrogen (secondary N) is 2. The Bertz CT molecular complexity index is 854. The van der Waals surface area contributed by atoms with E-state index in [4.69, 9.17) is 5.73 Å². The highest BCUT2D eigenvalue weighted by molar-refractivity contribution is 5.93. The number of nitrogen functional groups attached to an aromatic ring is 1. The number of anilines is 1. The van der Waals surface area contributed by atoms with Gasteiger partial charge in [-0.1, -0.05) is 18.2 Å². The van der Waals surface area contributed by atoms with Crippen LogP contribution in [0.25, 0.3) is 33.5 Å². The fourth-order valence-corrected chi connectivity index (χ4v) is 2.32. The predicted octanol–water partition coefficient (Wildman–Crippen LogP) is 2.69. The standard InChI is InChI=1S/C14H11N5/c15-14-18-11-7-3-4-8(12(11)19-14)13-16-9-5-1-2-6-10(9)17-13/h1-7H,(H,16,17)(H3,15,18,19). The van der Waals surface area contributed by atoms with Gasteiger partial charge in [-0.15, -0.1) is 0 Å². The summed E-state index contributed by atoms with van der Waals surface area (Å²) in [7, 11) is 0. The highest BCUT2D eigenvalue weighted by Crippen LogP contribution is 2.27. The van der Waals surface area contributed by atoms with Crippen LogP contribution >= 0.6 is 0 Å². The van der Waals surface area contributed by atoms with Gasteiger partial charge in [-0.25, -0.2) is 9.97 Å². The van der Waals surface area contributed by atoms with Crippen LogP contribution in [-0.4, -0.2) is 19.9 Å². The largest absolute Gasteiger partial charge is 0.369 e. The Labute approximate surface area is 108 Å². The molecule has 0 aliphatic carbocycles. The second kappa shape index (κ2) is 3.58. The number of benzene rings is 2. The number of fused-ring (bicyclic) bond motifs is 2. The number of aromatic nitrogens is 4. The molecule has 0 saturated heterocycles. The minimum atomic E-state index is 0.415. The molecule has 4 rings (SSSR count). The van der Waals surface area contributed by atoms with Crippen LogP contribution in [-0.2, 0) is 0 Å². The molecule has 0 saturated carbocycles. The second-order valence-corrected chi connectivity index (χ2v) is 4.43. The number of hydrogen-bond donors (Lipinski definition) is 3. The predicted molar refractivity (Wildman–Crippen MR) is 75.6 cm³/mol. The molecule has 0 aliphatic rings. The number of para-hydroxylation sites is 3. The molecule has 92 valence electrons. The summed E-state index contributed by atoms with van der Waals surface area (Å²) in [5, 5.41) is 0. The van der Waals surface area contributed by atoms with E-state index in [-0.39, 0.29) is 0 Å². The monoisotopic (exact) mass is 249 g/mol. The zero-order valence-corrected chi connectivity index (χ0v) is 10.0. The van der Waals surface area contributed by atoms with E-state index in [2.05, 4.69) is 19.9 Å². The molecular formula is C14H11N5. The molecule has 0 fully saturated rings. The van der Waals surface area contributed by atoms with E-state index >= 15 is 0 Å². The number of hydrogen-bond acceptors (Lipinski definition) is 3. The van der Waals surface area contributed by atoms with Crippen molar-refractivity contribution < 1.29 is 0 Å². The fraction of sp³-hybridized carbons (Fsp3) is 0. The number of aromatic amines is 2. The van der Waals surface area contributed by atoms with Crippen molar-refractivity contribution in [1.29, 1.82) is 0 Å². The van der Waals surface area contributed by atoms with E-state index in [1.54, 1.807) is 0 Å². The number of nitrogens with two attached hydrogens (primary N) is 1. The maximum Gasteiger partial charge on any atom is 0.198 e. The smallest absolute Gasteiger partial charge is 0.198 e. The maximum absolute atomic E-state index is 5.72. The molecule has 0 amide bonds. The maximum atomic E-state index is 5.72. The number of rotatable bonds is 1. The molecule has 0 atom stereocenters. The van der Waals surface area contributed by atoms with Crippen LogP contribution in [0.1, 0.15) is 0 Å². The van der Waals surface area contributed by atoms with E-state index in [1.807, 2.05) is 42.5 Å². The van der Waals surface area contributed by atoms with Crippen molar-refractivity contribution in [3.63, 3.8) is 0 Å². The normalized spacial score (nSPS) is 11.4. The molecule has 4 aromatic rings. The van der Waals surface area contributed by atoms with Gasteiger partial charge in [0.05, 0.1) is 16.6 Å². The quantitative estimate of drug-likeness (QED) is 0.485. The van der Waals surface area contributed by atoms with E-state index in [1.165, 1.54) is 0 Å². The highest BCUT2D eigenvalue weighted by Gasteiger charge is 2.11. The first-order chi connectivity index (χ1) is 9.31. The lowest BCUT2D eigenvalue weighted by Gasteiger charge is -1.97. The molecule has 2 heterocycles. The Morgan fingerprint density at radius 3 is 2.58 bits per heavy atom. The molecule has 4 N–H and O–H groups in total. The molecule has 0 aliphatic heterocycles. The van der Waals surface area contributed by atoms with Crippen molar-refractivity contribution in [2.45, 2.75) is 0 Å². The first-order valence-electron chi connectivity index (χ1n) is 6.00. The first kappa shape index (κ1) is 10.1. The molecule has 19 heavy (non-hydrogen) atoms. The van der Waals surface area contributed by atoms with Gasteiger partial charge >= 0.3 is 0 Å². The van der Waals surface area contributed by atoms with Crippen LogP contribution in [0.5, 0.6) is 0 Å². The third-order valence-electron chi connectivity index (χ3n) is 3.18. The van der Waals surface area contributed by atoms with Gasteiger partial charge in [-0.2, -0.15) is 0 Å². The zero-order chi connectivity index (χ0) is 12.8. The third-order valence-corrected chi connectivity index (χ3v) is 3.18. The lowest BCUT2D eigenvalue weighted by molar-refractivity contribution is 1.33. The summed E-state index contributed by atoms with van der Waals surface area (Å²) < 4.78 is 0. The van der Waals surface area contributed by atoms with Crippen LogP contribution in [0.15, 0.2) is 42.5 Å². The van der Waals surface area contributed by atoms with E-state index < -0.39 is 0 Å². The molecule has 2 aromatic heterocycles. The summed E-state index contributed by atoms with van der Waals surface area (Å²) in [5.74, 6) is 1.22. The number of H-pyrrole nitrogens is 2. The lowest BCUT2D eigenvalue weighted by atomic mass is 10.2. The van der Waals surface area contributed by atoms with E-state index in [9.17, 15) is 0 Å². The fourth-order valence-electron chi connectivity index (χ4n) is 2.32.